The molecule has 0 atom stereocenters. The lowest BCUT2D eigenvalue weighted by atomic mass is 10.2. The number of carbonyl (C=O) groups is 1. The van der Waals surface area contributed by atoms with Gasteiger partial charge in [0.25, 0.3) is 0 Å². The highest BCUT2D eigenvalue weighted by Gasteiger charge is 2.10. The molecule has 2 aromatic carbocycles. The van der Waals surface area contributed by atoms with Crippen LogP contribution in [0.1, 0.15) is 5.56 Å². The number of anilines is 1. The molecule has 0 unspecified atom stereocenters. The zero-order valence-corrected chi connectivity index (χ0v) is 13.1. The van der Waals surface area contributed by atoms with Crippen molar-refractivity contribution in [1.29, 1.82) is 0 Å². The number of rotatable bonds is 5. The fourth-order valence-electron chi connectivity index (χ4n) is 1.75. The van der Waals surface area contributed by atoms with Crippen LogP contribution in [0.25, 0.3) is 6.08 Å². The van der Waals surface area contributed by atoms with E-state index in [1.54, 1.807) is 24.3 Å². The number of alkyl halides is 2. The Morgan fingerprint density at radius 1 is 1.17 bits per heavy atom. The van der Waals surface area contributed by atoms with Crippen LogP contribution in [0.2, 0.25) is 10.0 Å². The van der Waals surface area contributed by atoms with Crippen LogP contribution >= 0.6 is 23.2 Å². The van der Waals surface area contributed by atoms with Gasteiger partial charge in [0.1, 0.15) is 5.75 Å². The zero-order chi connectivity index (χ0) is 16.8. The lowest BCUT2D eigenvalue weighted by Gasteiger charge is -2.10. The van der Waals surface area contributed by atoms with Crippen LogP contribution in [0, 0.1) is 0 Å². The van der Waals surface area contributed by atoms with Crippen molar-refractivity contribution in [3.05, 3.63) is 64.1 Å². The van der Waals surface area contributed by atoms with Gasteiger partial charge >= 0.3 is 6.61 Å². The van der Waals surface area contributed by atoms with Crippen molar-refractivity contribution in [3.63, 3.8) is 0 Å². The highest BCUT2D eigenvalue weighted by Crippen LogP contribution is 2.26. The number of carbonyl (C=O) groups excluding carboxylic acids is 1. The molecule has 0 spiro atoms. The Hall–Kier alpha value is -2.11. The Balaban J connectivity index is 2.09. The van der Waals surface area contributed by atoms with E-state index >= 15 is 0 Å². The summed E-state index contributed by atoms with van der Waals surface area (Å²) in [5.41, 5.74) is 0.744. The maximum absolute atomic E-state index is 12.3. The molecule has 1 N–H and O–H groups in total. The second-order valence-corrected chi connectivity index (χ2v) is 5.21. The third kappa shape index (κ3) is 5.23. The van der Waals surface area contributed by atoms with Crippen LogP contribution in [0.15, 0.2) is 48.5 Å². The van der Waals surface area contributed by atoms with Gasteiger partial charge in [-0.25, -0.2) is 0 Å². The molecule has 23 heavy (non-hydrogen) atoms. The van der Waals surface area contributed by atoms with Gasteiger partial charge in [0.15, 0.2) is 0 Å². The smallest absolute Gasteiger partial charge is 0.387 e. The lowest BCUT2D eigenvalue weighted by molar-refractivity contribution is -0.111. The van der Waals surface area contributed by atoms with E-state index in [2.05, 4.69) is 10.1 Å². The topological polar surface area (TPSA) is 38.3 Å². The highest BCUT2D eigenvalue weighted by atomic mass is 35.5. The number of halogens is 4. The van der Waals surface area contributed by atoms with E-state index < -0.39 is 12.5 Å². The summed E-state index contributed by atoms with van der Waals surface area (Å²) in [6, 6.07) is 10.7. The molecule has 0 radical (unpaired) electrons. The van der Waals surface area contributed by atoms with Crippen molar-refractivity contribution < 1.29 is 18.3 Å². The number of hydrogen-bond acceptors (Lipinski definition) is 2. The van der Waals surface area contributed by atoms with Crippen LogP contribution in [0.4, 0.5) is 14.5 Å². The van der Waals surface area contributed by atoms with Gasteiger partial charge in [-0.05, 0) is 35.9 Å². The summed E-state index contributed by atoms with van der Waals surface area (Å²) >= 11 is 11.8. The lowest BCUT2D eigenvalue weighted by Crippen LogP contribution is -2.11. The van der Waals surface area contributed by atoms with Crippen LogP contribution in [0.3, 0.4) is 0 Å². The molecule has 0 aliphatic rings. The molecule has 2 aromatic rings. The molecule has 2 rings (SSSR count). The summed E-state index contributed by atoms with van der Waals surface area (Å²) in [5.74, 6) is -0.630. The second kappa shape index (κ2) is 7.94. The number of amides is 1. The Kier molecular flexibility index (Phi) is 5.96. The molecular weight excluding hydrogens is 347 g/mol. The minimum absolute atomic E-state index is 0.117. The SMILES string of the molecule is O=C(C=Cc1ccc(Cl)cc1Cl)Nc1ccccc1OC(F)F. The van der Waals surface area contributed by atoms with Crippen LogP contribution in [-0.2, 0) is 4.79 Å². The molecule has 120 valence electrons. The summed E-state index contributed by atoms with van der Waals surface area (Å²) in [6.07, 6.45) is 2.72. The quantitative estimate of drug-likeness (QED) is 0.742. The predicted molar refractivity (Wildman–Crippen MR) is 87.2 cm³/mol. The molecule has 0 saturated carbocycles. The van der Waals surface area contributed by atoms with Gasteiger partial charge in [-0.1, -0.05) is 41.4 Å². The average Bonchev–Trinajstić information content (AvgIpc) is 2.48. The number of hydrogen-bond donors (Lipinski definition) is 1. The van der Waals surface area contributed by atoms with E-state index in [0.717, 1.165) is 0 Å². The van der Waals surface area contributed by atoms with Crippen molar-refractivity contribution >= 4 is 40.9 Å². The third-order valence-electron chi connectivity index (χ3n) is 2.74. The Bertz CT molecular complexity index is 736. The van der Waals surface area contributed by atoms with Gasteiger partial charge in [0, 0.05) is 16.1 Å². The first-order valence-corrected chi connectivity index (χ1v) is 7.19. The summed E-state index contributed by atoms with van der Waals surface area (Å²) < 4.78 is 29.0. The van der Waals surface area contributed by atoms with E-state index in [9.17, 15) is 13.6 Å². The van der Waals surface area contributed by atoms with Crippen molar-refractivity contribution in [2.45, 2.75) is 6.61 Å². The zero-order valence-electron chi connectivity index (χ0n) is 11.6. The fourth-order valence-corrected chi connectivity index (χ4v) is 2.22. The van der Waals surface area contributed by atoms with Crippen molar-refractivity contribution in [2.75, 3.05) is 5.32 Å². The molecule has 1 amide bonds. The van der Waals surface area contributed by atoms with Gasteiger partial charge in [0.2, 0.25) is 5.91 Å². The third-order valence-corrected chi connectivity index (χ3v) is 3.30. The first-order chi connectivity index (χ1) is 11.0. The molecule has 0 fully saturated rings. The maximum Gasteiger partial charge on any atom is 0.387 e. The van der Waals surface area contributed by atoms with Crippen molar-refractivity contribution in [2.24, 2.45) is 0 Å². The van der Waals surface area contributed by atoms with Gasteiger partial charge in [-0.15, -0.1) is 0 Å². The van der Waals surface area contributed by atoms with Crippen molar-refractivity contribution in [3.8, 4) is 5.75 Å². The summed E-state index contributed by atoms with van der Waals surface area (Å²) in [4.78, 5) is 11.9. The fraction of sp³-hybridized carbons (Fsp3) is 0.0625. The van der Waals surface area contributed by atoms with E-state index in [1.165, 1.54) is 30.4 Å². The van der Waals surface area contributed by atoms with Crippen LogP contribution in [-0.4, -0.2) is 12.5 Å². The Labute approximate surface area is 141 Å². The Morgan fingerprint density at radius 3 is 2.61 bits per heavy atom. The van der Waals surface area contributed by atoms with Crippen LogP contribution in [0.5, 0.6) is 5.75 Å². The van der Waals surface area contributed by atoms with Crippen molar-refractivity contribution in [1.82, 2.24) is 0 Å². The van der Waals surface area contributed by atoms with Gasteiger partial charge in [0.05, 0.1) is 5.69 Å². The first kappa shape index (κ1) is 17.2. The summed E-state index contributed by atoms with van der Waals surface area (Å²) in [6.45, 7) is -2.98. The van der Waals surface area contributed by atoms with E-state index in [1.807, 2.05) is 0 Å². The molecule has 0 bridgehead atoms. The maximum atomic E-state index is 12.3. The second-order valence-electron chi connectivity index (χ2n) is 4.36. The minimum Gasteiger partial charge on any atom is -0.433 e. The number of nitrogens with one attached hydrogen (secondary N) is 1. The standard InChI is InChI=1S/C16H11Cl2F2NO2/c17-11-7-5-10(12(18)9-11)6-8-15(22)21-13-3-1-2-4-14(13)23-16(19)20/h1-9,16H,(H,21,22). The van der Waals surface area contributed by atoms with Crippen LogP contribution < -0.4 is 10.1 Å². The van der Waals surface area contributed by atoms with Gasteiger partial charge in [-0.3, -0.25) is 4.79 Å². The van der Waals surface area contributed by atoms with E-state index in [0.29, 0.717) is 15.6 Å². The monoisotopic (exact) mass is 357 g/mol. The largest absolute Gasteiger partial charge is 0.433 e. The summed E-state index contributed by atoms with van der Waals surface area (Å²) in [7, 11) is 0. The molecular formula is C16H11Cl2F2NO2. The Morgan fingerprint density at radius 2 is 1.91 bits per heavy atom. The number of benzene rings is 2. The molecule has 0 aliphatic heterocycles. The van der Waals surface area contributed by atoms with Gasteiger partial charge in [-0.2, -0.15) is 8.78 Å². The molecule has 0 aromatic heterocycles. The van der Waals surface area contributed by atoms with E-state index in [4.69, 9.17) is 23.2 Å². The molecule has 0 saturated heterocycles. The molecule has 3 nitrogen and oxygen atoms in total. The summed E-state index contributed by atoms with van der Waals surface area (Å²) in [5, 5.41) is 3.34. The number of ether oxygens (including phenoxy) is 1. The molecule has 7 heteroatoms. The number of para-hydroxylation sites is 2. The van der Waals surface area contributed by atoms with Gasteiger partial charge < -0.3 is 10.1 Å². The minimum atomic E-state index is -2.98. The molecule has 0 aliphatic carbocycles. The molecule has 0 heterocycles. The average molecular weight is 358 g/mol. The normalized spacial score (nSPS) is 11.0. The highest BCUT2D eigenvalue weighted by molar-refractivity contribution is 6.35. The predicted octanol–water partition coefficient (Wildman–Crippen LogP) is 5.25. The first-order valence-electron chi connectivity index (χ1n) is 6.43. The van der Waals surface area contributed by atoms with E-state index in [-0.39, 0.29) is 11.4 Å².